The summed E-state index contributed by atoms with van der Waals surface area (Å²) in [6.07, 6.45) is 3.74. The van der Waals surface area contributed by atoms with E-state index in [4.69, 9.17) is 0 Å². The molecule has 0 unspecified atom stereocenters. The second kappa shape index (κ2) is 8.26. The van der Waals surface area contributed by atoms with Crippen LogP contribution in [-0.4, -0.2) is 36.1 Å². The summed E-state index contributed by atoms with van der Waals surface area (Å²) in [4.78, 5) is 2.65. The van der Waals surface area contributed by atoms with Crippen LogP contribution in [0.5, 0.6) is 0 Å². The minimum absolute atomic E-state index is 0.211. The molecule has 0 heterocycles. The zero-order valence-electron chi connectivity index (χ0n) is 14.8. The summed E-state index contributed by atoms with van der Waals surface area (Å²) in [5.74, 6) is 0. The van der Waals surface area contributed by atoms with E-state index in [1.165, 1.54) is 32.4 Å². The lowest BCUT2D eigenvalue weighted by molar-refractivity contribution is 0.103. The van der Waals surface area contributed by atoms with Gasteiger partial charge in [-0.25, -0.2) is 0 Å². The predicted octanol–water partition coefficient (Wildman–Crippen LogP) is 4.30. The predicted molar refractivity (Wildman–Crippen MR) is 87.8 cm³/mol. The van der Waals surface area contributed by atoms with Gasteiger partial charge in [-0.15, -0.1) is 0 Å². The number of rotatable bonds is 9. The quantitative estimate of drug-likeness (QED) is 0.672. The zero-order chi connectivity index (χ0) is 15.1. The average molecular weight is 271 g/mol. The second-order valence-electron chi connectivity index (χ2n) is 7.37. The van der Waals surface area contributed by atoms with Crippen LogP contribution in [0.15, 0.2) is 0 Å². The van der Waals surface area contributed by atoms with Crippen LogP contribution in [0.1, 0.15) is 74.7 Å². The minimum atomic E-state index is 0.211. The summed E-state index contributed by atoms with van der Waals surface area (Å²) in [6, 6.07) is 0.645. The fraction of sp³-hybridized carbons (Fsp3) is 1.00. The first kappa shape index (κ1) is 18.9. The van der Waals surface area contributed by atoms with Crippen LogP contribution in [0.25, 0.3) is 0 Å². The van der Waals surface area contributed by atoms with Gasteiger partial charge in [0.2, 0.25) is 0 Å². The molecule has 0 aliphatic heterocycles. The molecule has 0 amide bonds. The molecule has 1 N–H and O–H groups in total. The molecule has 0 saturated heterocycles. The molecule has 2 nitrogen and oxygen atoms in total. The van der Waals surface area contributed by atoms with Gasteiger partial charge in [0.05, 0.1) is 0 Å². The lowest BCUT2D eigenvalue weighted by atomic mass is 9.80. The molecule has 116 valence electrons. The Morgan fingerprint density at radius 3 is 1.84 bits per heavy atom. The molecule has 0 atom stereocenters. The van der Waals surface area contributed by atoms with Gasteiger partial charge < -0.3 is 10.2 Å². The smallest absolute Gasteiger partial charge is 0.00967 e. The van der Waals surface area contributed by atoms with Crippen molar-refractivity contribution in [2.75, 3.05) is 19.6 Å². The topological polar surface area (TPSA) is 15.3 Å². The Hall–Kier alpha value is -0.0800. The van der Waals surface area contributed by atoms with E-state index in [1.807, 2.05) is 0 Å². The fourth-order valence-electron chi connectivity index (χ4n) is 2.47. The van der Waals surface area contributed by atoms with Gasteiger partial charge in [0.1, 0.15) is 0 Å². The molecular weight excluding hydrogens is 232 g/mol. The van der Waals surface area contributed by atoms with Crippen LogP contribution in [0.3, 0.4) is 0 Å². The summed E-state index contributed by atoms with van der Waals surface area (Å²) in [5.41, 5.74) is 0.621. The zero-order valence-corrected chi connectivity index (χ0v) is 14.8. The lowest BCUT2D eigenvalue weighted by Gasteiger charge is -2.41. The normalized spacial score (nSPS) is 13.6. The van der Waals surface area contributed by atoms with Gasteiger partial charge in [0, 0.05) is 24.7 Å². The Morgan fingerprint density at radius 2 is 1.53 bits per heavy atom. The van der Waals surface area contributed by atoms with Crippen LogP contribution in [0, 0.1) is 5.41 Å². The molecule has 0 aromatic heterocycles. The standard InChI is InChI=1S/C17H38N2/c1-9-12-19(15(4)5)14-17(10-2,11-3)13-18-16(6,7)8/h15,18H,9-14H2,1-8H3. The van der Waals surface area contributed by atoms with Crippen molar-refractivity contribution < 1.29 is 0 Å². The van der Waals surface area contributed by atoms with E-state index in [9.17, 15) is 0 Å². The van der Waals surface area contributed by atoms with Crippen LogP contribution in [0.4, 0.5) is 0 Å². The van der Waals surface area contributed by atoms with Gasteiger partial charge in [0.15, 0.2) is 0 Å². The molecule has 0 spiro atoms. The Balaban J connectivity index is 4.75. The van der Waals surface area contributed by atoms with Crippen LogP contribution in [-0.2, 0) is 0 Å². The number of hydrogen-bond acceptors (Lipinski definition) is 2. The van der Waals surface area contributed by atoms with Crippen molar-refractivity contribution >= 4 is 0 Å². The Bertz CT molecular complexity index is 224. The molecule has 0 saturated carbocycles. The first-order valence-electron chi connectivity index (χ1n) is 8.18. The van der Waals surface area contributed by atoms with Gasteiger partial charge in [0.25, 0.3) is 0 Å². The van der Waals surface area contributed by atoms with Gasteiger partial charge >= 0.3 is 0 Å². The third-order valence-corrected chi connectivity index (χ3v) is 4.27. The van der Waals surface area contributed by atoms with Crippen molar-refractivity contribution in [1.82, 2.24) is 10.2 Å². The molecule has 0 bridgehead atoms. The van der Waals surface area contributed by atoms with E-state index in [0.717, 1.165) is 6.54 Å². The highest BCUT2D eigenvalue weighted by Crippen LogP contribution is 2.28. The summed E-state index contributed by atoms with van der Waals surface area (Å²) >= 11 is 0. The third kappa shape index (κ3) is 7.31. The van der Waals surface area contributed by atoms with Crippen molar-refractivity contribution in [1.29, 1.82) is 0 Å². The van der Waals surface area contributed by atoms with Crippen molar-refractivity contribution in [3.05, 3.63) is 0 Å². The van der Waals surface area contributed by atoms with E-state index in [1.54, 1.807) is 0 Å². The minimum Gasteiger partial charge on any atom is -0.311 e. The first-order chi connectivity index (χ1) is 8.69. The maximum absolute atomic E-state index is 3.72. The summed E-state index contributed by atoms with van der Waals surface area (Å²) < 4.78 is 0. The van der Waals surface area contributed by atoms with Crippen molar-refractivity contribution in [3.63, 3.8) is 0 Å². The third-order valence-electron chi connectivity index (χ3n) is 4.27. The largest absolute Gasteiger partial charge is 0.311 e. The SMILES string of the molecule is CCCN(CC(CC)(CC)CNC(C)(C)C)C(C)C. The summed E-state index contributed by atoms with van der Waals surface area (Å²) in [7, 11) is 0. The average Bonchev–Trinajstić information content (AvgIpc) is 2.32. The van der Waals surface area contributed by atoms with Crippen molar-refractivity contribution in [2.45, 2.75) is 86.2 Å². The van der Waals surface area contributed by atoms with Crippen LogP contribution >= 0.6 is 0 Å². The highest BCUT2D eigenvalue weighted by atomic mass is 15.2. The van der Waals surface area contributed by atoms with Crippen molar-refractivity contribution in [2.24, 2.45) is 5.41 Å². The lowest BCUT2D eigenvalue weighted by Crippen LogP contribution is -2.49. The van der Waals surface area contributed by atoms with Gasteiger partial charge in [-0.1, -0.05) is 20.8 Å². The van der Waals surface area contributed by atoms with Gasteiger partial charge in [-0.05, 0) is 65.8 Å². The molecule has 19 heavy (non-hydrogen) atoms. The summed E-state index contributed by atoms with van der Waals surface area (Å²) in [5, 5.41) is 3.72. The van der Waals surface area contributed by atoms with E-state index in [2.05, 4.69) is 65.6 Å². The Morgan fingerprint density at radius 1 is 1.00 bits per heavy atom. The van der Waals surface area contributed by atoms with E-state index >= 15 is 0 Å². The molecule has 0 aromatic rings. The summed E-state index contributed by atoms with van der Waals surface area (Å²) in [6.45, 7) is 21.9. The second-order valence-corrected chi connectivity index (χ2v) is 7.37. The number of nitrogens with zero attached hydrogens (tertiary/aromatic N) is 1. The molecular formula is C17H38N2. The molecule has 0 radical (unpaired) electrons. The van der Waals surface area contributed by atoms with E-state index < -0.39 is 0 Å². The molecule has 0 aromatic carbocycles. The van der Waals surface area contributed by atoms with Gasteiger partial charge in [-0.2, -0.15) is 0 Å². The monoisotopic (exact) mass is 270 g/mol. The number of nitrogens with one attached hydrogen (secondary N) is 1. The highest BCUT2D eigenvalue weighted by molar-refractivity contribution is 4.86. The molecule has 0 fully saturated rings. The fourth-order valence-corrected chi connectivity index (χ4v) is 2.47. The molecule has 0 aliphatic rings. The Kier molecular flexibility index (Phi) is 8.23. The van der Waals surface area contributed by atoms with Crippen molar-refractivity contribution in [3.8, 4) is 0 Å². The number of hydrogen-bond donors (Lipinski definition) is 1. The molecule has 0 aliphatic carbocycles. The molecule has 0 rings (SSSR count). The maximum Gasteiger partial charge on any atom is 0.00967 e. The Labute approximate surface area is 122 Å². The van der Waals surface area contributed by atoms with Crippen LogP contribution in [0.2, 0.25) is 0 Å². The van der Waals surface area contributed by atoms with E-state index in [-0.39, 0.29) is 5.54 Å². The molecule has 2 heteroatoms. The van der Waals surface area contributed by atoms with E-state index in [0.29, 0.717) is 11.5 Å². The maximum atomic E-state index is 3.72. The van der Waals surface area contributed by atoms with Crippen LogP contribution < -0.4 is 5.32 Å². The van der Waals surface area contributed by atoms with Gasteiger partial charge in [-0.3, -0.25) is 0 Å². The first-order valence-corrected chi connectivity index (χ1v) is 8.18. The highest BCUT2D eigenvalue weighted by Gasteiger charge is 2.30.